The molecule has 1 amide bonds. The summed E-state index contributed by atoms with van der Waals surface area (Å²) in [4.78, 5) is 20.7. The molecule has 1 aromatic carbocycles. The number of pyridine rings is 1. The lowest BCUT2D eigenvalue weighted by atomic mass is 9.93. The Balaban J connectivity index is 1.82. The van der Waals surface area contributed by atoms with E-state index in [1.165, 1.54) is 0 Å². The molecule has 1 aliphatic heterocycles. The van der Waals surface area contributed by atoms with Gasteiger partial charge in [0.25, 0.3) is 5.91 Å². The van der Waals surface area contributed by atoms with Crippen molar-refractivity contribution in [1.29, 1.82) is 0 Å². The highest BCUT2D eigenvalue weighted by atomic mass is 35.5. The van der Waals surface area contributed by atoms with Gasteiger partial charge < -0.3 is 9.73 Å². The predicted molar refractivity (Wildman–Crippen MR) is 90.0 cm³/mol. The van der Waals surface area contributed by atoms with E-state index in [0.29, 0.717) is 28.9 Å². The van der Waals surface area contributed by atoms with Crippen LogP contribution in [0.1, 0.15) is 34.2 Å². The average Bonchev–Trinajstić information content (AvgIpc) is 2.99. The Labute approximate surface area is 143 Å². The average molecular weight is 340 g/mol. The molecule has 120 valence electrons. The van der Waals surface area contributed by atoms with E-state index >= 15 is 0 Å². The lowest BCUT2D eigenvalue weighted by Crippen LogP contribution is -2.23. The molecule has 3 aromatic rings. The number of aromatic nitrogens is 2. The first-order valence-electron chi connectivity index (χ1n) is 7.67. The monoisotopic (exact) mass is 339 g/mol. The van der Waals surface area contributed by atoms with E-state index in [2.05, 4.69) is 15.3 Å². The van der Waals surface area contributed by atoms with Crippen molar-refractivity contribution >= 4 is 17.5 Å². The van der Waals surface area contributed by atoms with Crippen molar-refractivity contribution in [2.75, 3.05) is 6.54 Å². The van der Waals surface area contributed by atoms with E-state index in [9.17, 15) is 4.79 Å². The number of carbonyl (C=O) groups excluding carboxylic acids is 1. The first-order chi connectivity index (χ1) is 11.7. The zero-order valence-electron chi connectivity index (χ0n) is 12.7. The maximum absolute atomic E-state index is 12.3. The van der Waals surface area contributed by atoms with E-state index < -0.39 is 0 Å². The van der Waals surface area contributed by atoms with Crippen LogP contribution >= 0.6 is 11.6 Å². The van der Waals surface area contributed by atoms with Gasteiger partial charge in [0.05, 0.1) is 0 Å². The molecule has 4 rings (SSSR count). The Bertz CT molecular complexity index is 875. The van der Waals surface area contributed by atoms with Crippen molar-refractivity contribution in [1.82, 2.24) is 15.3 Å². The lowest BCUT2D eigenvalue weighted by molar-refractivity contribution is 0.0951. The van der Waals surface area contributed by atoms with Crippen LogP contribution in [0.2, 0.25) is 5.02 Å². The summed E-state index contributed by atoms with van der Waals surface area (Å²) >= 11 is 5.98. The molecule has 0 aliphatic carbocycles. The van der Waals surface area contributed by atoms with Crippen molar-refractivity contribution < 1.29 is 9.21 Å². The molecule has 0 bridgehead atoms. The Kier molecular flexibility index (Phi) is 3.78. The second-order valence-corrected chi connectivity index (χ2v) is 6.05. The number of halogens is 1. The molecule has 1 atom stereocenters. The van der Waals surface area contributed by atoms with Gasteiger partial charge in [0.2, 0.25) is 5.89 Å². The van der Waals surface area contributed by atoms with E-state index in [1.807, 2.05) is 24.3 Å². The Morgan fingerprint density at radius 2 is 1.88 bits per heavy atom. The number of amides is 1. The number of nitrogens with zero attached hydrogens (tertiary/aromatic N) is 2. The van der Waals surface area contributed by atoms with E-state index in [-0.39, 0.29) is 11.8 Å². The van der Waals surface area contributed by atoms with Crippen molar-refractivity contribution in [2.45, 2.75) is 12.3 Å². The maximum atomic E-state index is 12.3. The third-order valence-corrected chi connectivity index (χ3v) is 4.36. The Morgan fingerprint density at radius 3 is 2.62 bits per heavy atom. The maximum Gasteiger partial charge on any atom is 0.273 e. The summed E-state index contributed by atoms with van der Waals surface area (Å²) in [6, 6.07) is 11.2. The van der Waals surface area contributed by atoms with Crippen LogP contribution < -0.4 is 5.32 Å². The SMILES string of the molecule is O=C1NCCC(c2ccc(Cl)cc2)c2oc(-c3ccncc3)nc21. The molecule has 3 heterocycles. The number of carbonyl (C=O) groups is 1. The molecular weight excluding hydrogens is 326 g/mol. The number of benzene rings is 1. The zero-order valence-corrected chi connectivity index (χ0v) is 13.5. The fourth-order valence-electron chi connectivity index (χ4n) is 2.91. The summed E-state index contributed by atoms with van der Waals surface area (Å²) in [7, 11) is 0. The lowest BCUT2D eigenvalue weighted by Gasteiger charge is -2.13. The standard InChI is InChI=1S/C18H14ClN3O2/c19-13-3-1-11(2-4-13)14-7-10-21-17(23)15-16(14)24-18(22-15)12-5-8-20-9-6-12/h1-6,8-9,14H,7,10H2,(H,21,23). The number of hydrogen-bond acceptors (Lipinski definition) is 4. The van der Waals surface area contributed by atoms with E-state index in [0.717, 1.165) is 17.5 Å². The first-order valence-corrected chi connectivity index (χ1v) is 8.05. The smallest absolute Gasteiger partial charge is 0.273 e. The molecular formula is C18H14ClN3O2. The first kappa shape index (κ1) is 14.9. The van der Waals surface area contributed by atoms with Gasteiger partial charge in [-0.05, 0) is 36.2 Å². The summed E-state index contributed by atoms with van der Waals surface area (Å²) in [5.74, 6) is 0.780. The summed E-state index contributed by atoms with van der Waals surface area (Å²) in [6.07, 6.45) is 4.08. The topological polar surface area (TPSA) is 68.0 Å². The van der Waals surface area contributed by atoms with Crippen molar-refractivity contribution in [2.24, 2.45) is 0 Å². The highest BCUT2D eigenvalue weighted by molar-refractivity contribution is 6.30. The van der Waals surface area contributed by atoms with Crippen LogP contribution in [0, 0.1) is 0 Å². The van der Waals surface area contributed by atoms with Gasteiger partial charge in [0.1, 0.15) is 5.76 Å². The molecule has 6 heteroatoms. The molecule has 0 saturated carbocycles. The van der Waals surface area contributed by atoms with E-state index in [1.54, 1.807) is 24.5 Å². The molecule has 5 nitrogen and oxygen atoms in total. The number of oxazole rings is 1. The summed E-state index contributed by atoms with van der Waals surface area (Å²) < 4.78 is 6.01. The van der Waals surface area contributed by atoms with Gasteiger partial charge in [-0.25, -0.2) is 4.98 Å². The third kappa shape index (κ3) is 2.67. The second-order valence-electron chi connectivity index (χ2n) is 5.62. The quantitative estimate of drug-likeness (QED) is 0.773. The summed E-state index contributed by atoms with van der Waals surface area (Å²) in [6.45, 7) is 0.572. The van der Waals surface area contributed by atoms with Gasteiger partial charge >= 0.3 is 0 Å². The largest absolute Gasteiger partial charge is 0.440 e. The third-order valence-electron chi connectivity index (χ3n) is 4.10. The number of rotatable bonds is 2. The highest BCUT2D eigenvalue weighted by Crippen LogP contribution is 2.35. The van der Waals surface area contributed by atoms with Crippen LogP contribution in [0.3, 0.4) is 0 Å². The van der Waals surface area contributed by atoms with Gasteiger partial charge in [-0.3, -0.25) is 9.78 Å². The number of fused-ring (bicyclic) bond motifs is 1. The van der Waals surface area contributed by atoms with Crippen LogP contribution in [0.5, 0.6) is 0 Å². The van der Waals surface area contributed by atoms with E-state index in [4.69, 9.17) is 16.0 Å². The molecule has 1 N–H and O–H groups in total. The molecule has 0 spiro atoms. The van der Waals surface area contributed by atoms with Crippen LogP contribution in [0.15, 0.2) is 53.2 Å². The molecule has 0 fully saturated rings. The molecule has 0 saturated heterocycles. The molecule has 0 radical (unpaired) electrons. The van der Waals surface area contributed by atoms with Gasteiger partial charge in [0.15, 0.2) is 5.69 Å². The minimum absolute atomic E-state index is 0.0423. The molecule has 24 heavy (non-hydrogen) atoms. The van der Waals surface area contributed by atoms with Crippen molar-refractivity contribution in [3.05, 3.63) is 70.8 Å². The number of hydrogen-bond donors (Lipinski definition) is 1. The van der Waals surface area contributed by atoms with Crippen molar-refractivity contribution in [3.63, 3.8) is 0 Å². The van der Waals surface area contributed by atoms with Gasteiger partial charge in [-0.1, -0.05) is 23.7 Å². The minimum Gasteiger partial charge on any atom is -0.440 e. The molecule has 1 unspecified atom stereocenters. The minimum atomic E-state index is -0.203. The molecule has 1 aliphatic rings. The highest BCUT2D eigenvalue weighted by Gasteiger charge is 2.30. The van der Waals surface area contributed by atoms with Crippen LogP contribution in [0.4, 0.5) is 0 Å². The van der Waals surface area contributed by atoms with Crippen LogP contribution in [0.25, 0.3) is 11.5 Å². The fourth-order valence-corrected chi connectivity index (χ4v) is 3.03. The molecule has 2 aromatic heterocycles. The Hall–Kier alpha value is -2.66. The number of nitrogens with one attached hydrogen (secondary N) is 1. The van der Waals surface area contributed by atoms with Gasteiger partial charge in [0, 0.05) is 35.4 Å². The van der Waals surface area contributed by atoms with Crippen molar-refractivity contribution in [3.8, 4) is 11.5 Å². The predicted octanol–water partition coefficient (Wildman–Crippen LogP) is 3.66. The second kappa shape index (κ2) is 6.09. The van der Waals surface area contributed by atoms with Crippen LogP contribution in [-0.2, 0) is 0 Å². The summed E-state index contributed by atoms with van der Waals surface area (Å²) in [5, 5.41) is 3.55. The fraction of sp³-hybridized carbons (Fsp3) is 0.167. The van der Waals surface area contributed by atoms with Crippen LogP contribution in [-0.4, -0.2) is 22.4 Å². The zero-order chi connectivity index (χ0) is 16.5. The van der Waals surface area contributed by atoms with Gasteiger partial charge in [-0.15, -0.1) is 0 Å². The normalized spacial score (nSPS) is 17.0. The summed E-state index contributed by atoms with van der Waals surface area (Å²) in [5.41, 5.74) is 2.19. The Morgan fingerprint density at radius 1 is 1.12 bits per heavy atom. The van der Waals surface area contributed by atoms with Gasteiger partial charge in [-0.2, -0.15) is 0 Å².